The van der Waals surface area contributed by atoms with Gasteiger partial charge in [-0.3, -0.25) is 0 Å². The average molecular weight is 260 g/mol. The molecule has 0 aliphatic carbocycles. The fourth-order valence-corrected chi connectivity index (χ4v) is 10.3. The maximum absolute atomic E-state index is 10.9. The predicted molar refractivity (Wildman–Crippen MR) is 78.9 cm³/mol. The van der Waals surface area contributed by atoms with E-state index in [4.69, 9.17) is 5.41 Å². The molecule has 4 heteroatoms. The summed E-state index contributed by atoms with van der Waals surface area (Å²) in [7, 11) is -3.44. The first kappa shape index (κ1) is 16.1. The average Bonchev–Trinajstić information content (AvgIpc) is 2.18. The Bertz CT molecular complexity index is 244. The van der Waals surface area contributed by atoms with E-state index in [2.05, 4.69) is 40.4 Å². The highest BCUT2D eigenvalue weighted by atomic mass is 28.3. The lowest BCUT2D eigenvalue weighted by molar-refractivity contribution is 0.204. The molecule has 96 valence electrons. The van der Waals surface area contributed by atoms with Crippen molar-refractivity contribution in [1.82, 2.24) is 0 Å². The van der Waals surface area contributed by atoms with Crippen molar-refractivity contribution in [3.05, 3.63) is 0 Å². The Hall–Kier alpha value is 0.0638. The third-order valence-electron chi connectivity index (χ3n) is 4.30. The molecule has 0 aromatic carbocycles. The summed E-state index contributed by atoms with van der Waals surface area (Å²) < 4.78 is 0. The van der Waals surface area contributed by atoms with Crippen molar-refractivity contribution in [2.75, 3.05) is 0 Å². The number of hydrogen-bond acceptors (Lipinski definition) is 2. The Morgan fingerprint density at radius 1 is 1.06 bits per heavy atom. The van der Waals surface area contributed by atoms with Crippen LogP contribution in [0.1, 0.15) is 27.7 Å². The summed E-state index contributed by atoms with van der Waals surface area (Å²) in [6.07, 6.45) is 0. The van der Waals surface area contributed by atoms with E-state index in [1.54, 1.807) is 0 Å². The Balaban J connectivity index is 5.39. The molecule has 0 aromatic heterocycles. The van der Waals surface area contributed by atoms with Crippen LogP contribution in [0.2, 0.25) is 37.8 Å². The zero-order chi connectivity index (χ0) is 13.2. The monoisotopic (exact) mass is 259 g/mol. The molecular formula is C12H29NOSi2. The van der Waals surface area contributed by atoms with Crippen LogP contribution in [0.3, 0.4) is 0 Å². The van der Waals surface area contributed by atoms with Gasteiger partial charge in [-0.2, -0.15) is 0 Å². The molecular weight excluding hydrogens is 230 g/mol. The van der Waals surface area contributed by atoms with Crippen LogP contribution in [0.5, 0.6) is 0 Å². The van der Waals surface area contributed by atoms with Crippen LogP contribution in [-0.2, 0) is 0 Å². The highest BCUT2D eigenvalue weighted by molar-refractivity contribution is 7.09. The van der Waals surface area contributed by atoms with Gasteiger partial charge in [0, 0.05) is 5.33 Å². The largest absolute Gasteiger partial charge is 0.388 e. The van der Waals surface area contributed by atoms with Crippen molar-refractivity contribution in [3.8, 4) is 0 Å². The summed E-state index contributed by atoms with van der Waals surface area (Å²) in [4.78, 5) is 0. The SMILES string of the molecule is CC[Si](CC)(CC)C(C)(O)C(=N)[Si](C)(C)C. The molecule has 0 aliphatic rings. The van der Waals surface area contributed by atoms with Gasteiger partial charge in [0.05, 0.1) is 21.4 Å². The topological polar surface area (TPSA) is 44.1 Å². The standard InChI is InChI=1S/C12H29NOSi2/c1-8-16(9-2,10-3)12(4,14)11(13)15(5,6)7/h13-14H,8-10H2,1-7H3. The molecule has 0 amide bonds. The van der Waals surface area contributed by atoms with Crippen molar-refractivity contribution in [1.29, 1.82) is 5.41 Å². The molecule has 2 N–H and O–H groups in total. The number of nitrogens with one attached hydrogen (secondary N) is 1. The van der Waals surface area contributed by atoms with E-state index in [9.17, 15) is 5.11 Å². The minimum Gasteiger partial charge on any atom is -0.388 e. The molecule has 0 spiro atoms. The van der Waals surface area contributed by atoms with E-state index in [1.165, 1.54) is 0 Å². The minimum absolute atomic E-state index is 0.650. The first-order valence-electron chi connectivity index (χ1n) is 6.41. The van der Waals surface area contributed by atoms with Gasteiger partial charge < -0.3 is 10.5 Å². The molecule has 0 fully saturated rings. The fraction of sp³-hybridized carbons (Fsp3) is 0.917. The molecule has 16 heavy (non-hydrogen) atoms. The van der Waals surface area contributed by atoms with E-state index in [0.29, 0.717) is 5.33 Å². The third-order valence-corrected chi connectivity index (χ3v) is 12.9. The maximum atomic E-state index is 10.9. The maximum Gasteiger partial charge on any atom is 0.0983 e. The highest BCUT2D eigenvalue weighted by Gasteiger charge is 2.50. The summed E-state index contributed by atoms with van der Waals surface area (Å²) in [6, 6.07) is 3.21. The summed E-state index contributed by atoms with van der Waals surface area (Å²) in [5.41, 5.74) is 0. The smallest absolute Gasteiger partial charge is 0.0983 e. The lowest BCUT2D eigenvalue weighted by atomic mass is 10.4. The molecule has 0 rings (SSSR count). The Labute approximate surface area is 103 Å². The summed E-state index contributed by atoms with van der Waals surface area (Å²) in [5.74, 6) is 0. The van der Waals surface area contributed by atoms with Crippen molar-refractivity contribution in [2.24, 2.45) is 0 Å². The van der Waals surface area contributed by atoms with Gasteiger partial charge >= 0.3 is 0 Å². The van der Waals surface area contributed by atoms with E-state index < -0.39 is 21.4 Å². The van der Waals surface area contributed by atoms with Gasteiger partial charge in [0.2, 0.25) is 0 Å². The molecule has 1 unspecified atom stereocenters. The molecule has 1 atom stereocenters. The second-order valence-corrected chi connectivity index (χ2v) is 16.7. The molecule has 0 aliphatic heterocycles. The van der Waals surface area contributed by atoms with Gasteiger partial charge in [0.15, 0.2) is 0 Å². The molecule has 0 heterocycles. The Morgan fingerprint density at radius 2 is 1.38 bits per heavy atom. The second kappa shape index (κ2) is 5.15. The first-order valence-corrected chi connectivity index (χ1v) is 12.5. The van der Waals surface area contributed by atoms with E-state index >= 15 is 0 Å². The number of hydrogen-bond donors (Lipinski definition) is 2. The summed E-state index contributed by atoms with van der Waals surface area (Å²) >= 11 is 0. The molecule has 0 radical (unpaired) electrons. The Kier molecular flexibility index (Phi) is 5.17. The van der Waals surface area contributed by atoms with Crippen LogP contribution < -0.4 is 0 Å². The molecule has 0 saturated carbocycles. The molecule has 0 bridgehead atoms. The van der Waals surface area contributed by atoms with Crippen LogP contribution >= 0.6 is 0 Å². The van der Waals surface area contributed by atoms with E-state index in [1.807, 2.05) is 6.92 Å². The van der Waals surface area contributed by atoms with E-state index in [0.717, 1.165) is 18.1 Å². The van der Waals surface area contributed by atoms with E-state index in [-0.39, 0.29) is 0 Å². The minimum atomic E-state index is -1.75. The lowest BCUT2D eigenvalue weighted by Gasteiger charge is -2.45. The Morgan fingerprint density at radius 3 is 1.56 bits per heavy atom. The van der Waals surface area contributed by atoms with Crippen LogP contribution in [0, 0.1) is 5.41 Å². The lowest BCUT2D eigenvalue weighted by Crippen LogP contribution is -2.65. The van der Waals surface area contributed by atoms with Gasteiger partial charge in [0.25, 0.3) is 0 Å². The highest BCUT2D eigenvalue weighted by Crippen LogP contribution is 2.35. The van der Waals surface area contributed by atoms with Crippen LogP contribution in [-0.4, -0.2) is 31.8 Å². The predicted octanol–water partition coefficient (Wildman–Crippen LogP) is 3.68. The molecule has 0 saturated heterocycles. The second-order valence-electron chi connectivity index (χ2n) is 6.04. The number of aliphatic hydroxyl groups is 1. The first-order chi connectivity index (χ1) is 7.09. The van der Waals surface area contributed by atoms with Gasteiger partial charge in [0.1, 0.15) is 0 Å². The van der Waals surface area contributed by atoms with Crippen molar-refractivity contribution < 1.29 is 5.11 Å². The fourth-order valence-electron chi connectivity index (χ4n) is 2.78. The van der Waals surface area contributed by atoms with Gasteiger partial charge in [-0.25, -0.2) is 0 Å². The van der Waals surface area contributed by atoms with Crippen LogP contribution in [0.4, 0.5) is 0 Å². The molecule has 0 aromatic rings. The summed E-state index contributed by atoms with van der Waals surface area (Å²) in [5, 5.41) is 19.1. The van der Waals surface area contributed by atoms with Gasteiger partial charge in [-0.1, -0.05) is 58.5 Å². The van der Waals surface area contributed by atoms with Crippen molar-refractivity contribution in [2.45, 2.75) is 70.7 Å². The van der Waals surface area contributed by atoms with Gasteiger partial charge in [-0.15, -0.1) is 0 Å². The van der Waals surface area contributed by atoms with Gasteiger partial charge in [-0.05, 0) is 6.92 Å². The molecule has 2 nitrogen and oxygen atoms in total. The van der Waals surface area contributed by atoms with Crippen LogP contribution in [0.15, 0.2) is 0 Å². The third kappa shape index (κ3) is 2.66. The quantitative estimate of drug-likeness (QED) is 0.554. The zero-order valence-electron chi connectivity index (χ0n) is 12.1. The number of rotatable bonds is 6. The van der Waals surface area contributed by atoms with Crippen LogP contribution in [0.25, 0.3) is 0 Å². The van der Waals surface area contributed by atoms with Crippen molar-refractivity contribution in [3.63, 3.8) is 0 Å². The van der Waals surface area contributed by atoms with Crippen molar-refractivity contribution >= 4 is 21.5 Å². The summed E-state index contributed by atoms with van der Waals surface area (Å²) in [6.45, 7) is 14.9. The zero-order valence-corrected chi connectivity index (χ0v) is 14.1. The normalized spacial score (nSPS) is 17.0.